The van der Waals surface area contributed by atoms with E-state index in [0.717, 1.165) is 27.8 Å². The minimum absolute atomic E-state index is 0.518. The molecule has 2 rings (SSSR count). The van der Waals surface area contributed by atoms with Crippen LogP contribution in [-0.2, 0) is 0 Å². The molecule has 0 spiro atoms. The Kier molecular flexibility index (Phi) is 3.85. The van der Waals surface area contributed by atoms with E-state index in [2.05, 4.69) is 10.4 Å². The molecule has 0 unspecified atom stereocenters. The standard InChI is InChI=1S/C14H19N3O3/c1-7-8(2)16-9-6-10(18-3)13(19-4)14(20-5)11(9)12(7)17-15/h6H,15H2,1-5H3,(H,16,17). The second-order valence-electron chi connectivity index (χ2n) is 4.38. The molecule has 0 fully saturated rings. The summed E-state index contributed by atoms with van der Waals surface area (Å²) in [4.78, 5) is 4.57. The molecule has 3 N–H and O–H groups in total. The molecule has 0 amide bonds. The van der Waals surface area contributed by atoms with Crippen molar-refractivity contribution in [3.63, 3.8) is 0 Å². The van der Waals surface area contributed by atoms with Gasteiger partial charge in [0.25, 0.3) is 0 Å². The van der Waals surface area contributed by atoms with Gasteiger partial charge in [0.15, 0.2) is 11.5 Å². The number of rotatable bonds is 4. The van der Waals surface area contributed by atoms with Crippen molar-refractivity contribution >= 4 is 16.6 Å². The molecule has 6 heteroatoms. The highest BCUT2D eigenvalue weighted by Gasteiger charge is 2.21. The van der Waals surface area contributed by atoms with Crippen molar-refractivity contribution in [3.8, 4) is 17.2 Å². The lowest BCUT2D eigenvalue weighted by Crippen LogP contribution is -2.11. The predicted octanol–water partition coefficient (Wildman–Crippen LogP) is 2.16. The summed E-state index contributed by atoms with van der Waals surface area (Å²) in [5.41, 5.74) is 6.08. The molecule has 1 aromatic carbocycles. The molecule has 0 radical (unpaired) electrons. The van der Waals surface area contributed by atoms with Gasteiger partial charge in [0.1, 0.15) is 0 Å². The van der Waals surface area contributed by atoms with Crippen molar-refractivity contribution in [2.24, 2.45) is 5.84 Å². The number of nitrogens with one attached hydrogen (secondary N) is 1. The third-order valence-electron chi connectivity index (χ3n) is 3.41. The van der Waals surface area contributed by atoms with E-state index in [-0.39, 0.29) is 0 Å². The van der Waals surface area contributed by atoms with E-state index in [4.69, 9.17) is 20.1 Å². The number of fused-ring (bicyclic) bond motifs is 1. The topological polar surface area (TPSA) is 78.6 Å². The third-order valence-corrected chi connectivity index (χ3v) is 3.41. The van der Waals surface area contributed by atoms with Gasteiger partial charge in [-0.25, -0.2) is 0 Å². The van der Waals surface area contributed by atoms with Crippen molar-refractivity contribution in [2.45, 2.75) is 13.8 Å². The average molecular weight is 277 g/mol. The molecular formula is C14H19N3O3. The Balaban J connectivity index is 3.00. The molecule has 0 aliphatic rings. The lowest BCUT2D eigenvalue weighted by Gasteiger charge is -2.18. The van der Waals surface area contributed by atoms with Gasteiger partial charge in [-0.3, -0.25) is 10.8 Å². The van der Waals surface area contributed by atoms with Crippen LogP contribution >= 0.6 is 0 Å². The van der Waals surface area contributed by atoms with Crippen molar-refractivity contribution in [1.29, 1.82) is 0 Å². The fourth-order valence-corrected chi connectivity index (χ4v) is 2.29. The minimum atomic E-state index is 0.518. The average Bonchev–Trinajstić information content (AvgIpc) is 2.46. The molecule has 20 heavy (non-hydrogen) atoms. The molecule has 2 aromatic rings. The maximum absolute atomic E-state index is 5.67. The normalized spacial score (nSPS) is 10.5. The zero-order valence-corrected chi connectivity index (χ0v) is 12.3. The highest BCUT2D eigenvalue weighted by molar-refractivity contribution is 6.01. The van der Waals surface area contributed by atoms with Gasteiger partial charge >= 0.3 is 0 Å². The highest BCUT2D eigenvalue weighted by atomic mass is 16.5. The Hall–Kier alpha value is -2.21. The molecule has 1 aromatic heterocycles. The summed E-state index contributed by atoms with van der Waals surface area (Å²) >= 11 is 0. The second kappa shape index (κ2) is 5.42. The summed E-state index contributed by atoms with van der Waals surface area (Å²) in [6, 6.07) is 1.81. The lowest BCUT2D eigenvalue weighted by molar-refractivity contribution is 0.327. The van der Waals surface area contributed by atoms with Crippen molar-refractivity contribution < 1.29 is 14.2 Å². The number of pyridine rings is 1. The number of nitrogens with two attached hydrogens (primary N) is 1. The number of anilines is 1. The van der Waals surface area contributed by atoms with Gasteiger partial charge in [-0.2, -0.15) is 0 Å². The largest absolute Gasteiger partial charge is 0.493 e. The van der Waals surface area contributed by atoms with Gasteiger partial charge in [0.05, 0.1) is 37.9 Å². The molecule has 0 saturated carbocycles. The van der Waals surface area contributed by atoms with Crippen LogP contribution in [0, 0.1) is 13.8 Å². The van der Waals surface area contributed by atoms with Crippen LogP contribution in [0.5, 0.6) is 17.2 Å². The Bertz CT molecular complexity index is 656. The van der Waals surface area contributed by atoms with Gasteiger partial charge in [0.2, 0.25) is 5.75 Å². The van der Waals surface area contributed by atoms with Crippen LogP contribution in [0.2, 0.25) is 0 Å². The minimum Gasteiger partial charge on any atom is -0.493 e. The van der Waals surface area contributed by atoms with Gasteiger partial charge in [-0.15, -0.1) is 0 Å². The first kappa shape index (κ1) is 14.2. The highest BCUT2D eigenvalue weighted by Crippen LogP contribution is 2.46. The van der Waals surface area contributed by atoms with E-state index in [9.17, 15) is 0 Å². The Morgan fingerprint density at radius 2 is 1.70 bits per heavy atom. The fourth-order valence-electron chi connectivity index (χ4n) is 2.29. The second-order valence-corrected chi connectivity index (χ2v) is 4.38. The molecule has 0 atom stereocenters. The SMILES string of the molecule is COc1cc2nc(C)c(C)c(NN)c2c(OC)c1OC. The molecule has 1 heterocycles. The van der Waals surface area contributed by atoms with Crippen LogP contribution in [0.4, 0.5) is 5.69 Å². The number of aryl methyl sites for hydroxylation is 1. The molecule has 0 aliphatic heterocycles. The lowest BCUT2D eigenvalue weighted by atomic mass is 10.1. The molecule has 108 valence electrons. The van der Waals surface area contributed by atoms with E-state index < -0.39 is 0 Å². The number of hydrazine groups is 1. The maximum Gasteiger partial charge on any atom is 0.204 e. The first-order valence-electron chi connectivity index (χ1n) is 6.15. The van der Waals surface area contributed by atoms with Crippen LogP contribution < -0.4 is 25.5 Å². The first-order chi connectivity index (χ1) is 9.58. The van der Waals surface area contributed by atoms with Crippen molar-refractivity contribution in [3.05, 3.63) is 17.3 Å². The summed E-state index contributed by atoms with van der Waals surface area (Å²) in [6.07, 6.45) is 0. The number of hydrogen-bond acceptors (Lipinski definition) is 6. The first-order valence-corrected chi connectivity index (χ1v) is 6.15. The third kappa shape index (κ3) is 1.98. The van der Waals surface area contributed by atoms with E-state index >= 15 is 0 Å². The fraction of sp³-hybridized carbons (Fsp3) is 0.357. The Morgan fingerprint density at radius 3 is 2.20 bits per heavy atom. The van der Waals surface area contributed by atoms with Gasteiger partial charge in [-0.1, -0.05) is 0 Å². The van der Waals surface area contributed by atoms with Crippen LogP contribution in [-0.4, -0.2) is 26.3 Å². The summed E-state index contributed by atoms with van der Waals surface area (Å²) in [6.45, 7) is 3.88. The zero-order chi connectivity index (χ0) is 14.9. The number of nitrogen functional groups attached to an aromatic ring is 1. The van der Waals surface area contributed by atoms with Gasteiger partial charge in [0, 0.05) is 11.8 Å². The summed E-state index contributed by atoms with van der Waals surface area (Å²) < 4.78 is 16.2. The number of ether oxygens (including phenoxy) is 3. The van der Waals surface area contributed by atoms with Crippen molar-refractivity contribution in [2.75, 3.05) is 26.8 Å². The predicted molar refractivity (Wildman–Crippen MR) is 78.7 cm³/mol. The summed E-state index contributed by atoms with van der Waals surface area (Å²) in [5, 5.41) is 0.774. The maximum atomic E-state index is 5.67. The molecule has 6 nitrogen and oxygen atoms in total. The number of methoxy groups -OCH3 is 3. The Morgan fingerprint density at radius 1 is 1.05 bits per heavy atom. The van der Waals surface area contributed by atoms with E-state index in [1.165, 1.54) is 0 Å². The number of benzene rings is 1. The van der Waals surface area contributed by atoms with Crippen LogP contribution in [0.1, 0.15) is 11.3 Å². The van der Waals surface area contributed by atoms with E-state index in [1.807, 2.05) is 19.9 Å². The van der Waals surface area contributed by atoms with Crippen LogP contribution in [0.15, 0.2) is 6.07 Å². The van der Waals surface area contributed by atoms with Gasteiger partial charge in [-0.05, 0) is 19.4 Å². The van der Waals surface area contributed by atoms with Gasteiger partial charge < -0.3 is 19.6 Å². The number of aromatic nitrogens is 1. The summed E-state index contributed by atoms with van der Waals surface area (Å²) in [7, 11) is 4.72. The zero-order valence-electron chi connectivity index (χ0n) is 12.3. The summed E-state index contributed by atoms with van der Waals surface area (Å²) in [5.74, 6) is 7.30. The van der Waals surface area contributed by atoms with E-state index in [1.54, 1.807) is 21.3 Å². The number of hydrogen-bond donors (Lipinski definition) is 2. The molecular weight excluding hydrogens is 258 g/mol. The molecule has 0 saturated heterocycles. The molecule has 0 aliphatic carbocycles. The monoisotopic (exact) mass is 277 g/mol. The van der Waals surface area contributed by atoms with E-state index in [0.29, 0.717) is 17.2 Å². The smallest absolute Gasteiger partial charge is 0.204 e. The quantitative estimate of drug-likeness (QED) is 0.658. The van der Waals surface area contributed by atoms with Crippen LogP contribution in [0.3, 0.4) is 0 Å². The van der Waals surface area contributed by atoms with Crippen LogP contribution in [0.25, 0.3) is 10.9 Å². The van der Waals surface area contributed by atoms with Crippen molar-refractivity contribution in [1.82, 2.24) is 4.98 Å². The number of nitrogens with zero attached hydrogens (tertiary/aromatic N) is 1. The molecule has 0 bridgehead atoms. The Labute approximate surface area is 117 Å².